The largest absolute Gasteiger partial charge is 0.370 e. The molecule has 0 radical (unpaired) electrons. The summed E-state index contributed by atoms with van der Waals surface area (Å²) in [4.78, 5) is 4.23. The number of anilines is 1. The fourth-order valence-electron chi connectivity index (χ4n) is 2.56. The zero-order valence-electron chi connectivity index (χ0n) is 10.7. The van der Waals surface area contributed by atoms with E-state index in [1.54, 1.807) is 6.33 Å². The highest BCUT2D eigenvalue weighted by Gasteiger charge is 2.13. The van der Waals surface area contributed by atoms with E-state index in [0.717, 1.165) is 24.4 Å². The van der Waals surface area contributed by atoms with Crippen LogP contribution in [0.2, 0.25) is 0 Å². The van der Waals surface area contributed by atoms with Crippen molar-refractivity contribution < 1.29 is 0 Å². The summed E-state index contributed by atoms with van der Waals surface area (Å²) in [6.07, 6.45) is 5.36. The van der Waals surface area contributed by atoms with Gasteiger partial charge in [-0.15, -0.1) is 0 Å². The quantitative estimate of drug-likeness (QED) is 0.859. The molecule has 0 bridgehead atoms. The number of nitrogens with one attached hydrogen (secondary N) is 2. The molecule has 0 amide bonds. The van der Waals surface area contributed by atoms with Crippen molar-refractivity contribution in [2.45, 2.75) is 32.2 Å². The third-order valence-corrected chi connectivity index (χ3v) is 3.48. The number of aromatic nitrogens is 3. The Morgan fingerprint density at radius 3 is 3.28 bits per heavy atom. The zero-order chi connectivity index (χ0) is 12.4. The van der Waals surface area contributed by atoms with Crippen molar-refractivity contribution in [3.63, 3.8) is 0 Å². The molecule has 3 rings (SSSR count). The van der Waals surface area contributed by atoms with Crippen LogP contribution >= 0.6 is 0 Å². The van der Waals surface area contributed by atoms with Crippen LogP contribution in [0.3, 0.4) is 0 Å². The lowest BCUT2D eigenvalue weighted by Crippen LogP contribution is -2.24. The van der Waals surface area contributed by atoms with Gasteiger partial charge in [0, 0.05) is 12.6 Å². The average Bonchev–Trinajstić information content (AvgIpc) is 2.98. The van der Waals surface area contributed by atoms with Gasteiger partial charge in [0.25, 0.3) is 0 Å². The van der Waals surface area contributed by atoms with Crippen molar-refractivity contribution >= 4 is 11.5 Å². The van der Waals surface area contributed by atoms with Gasteiger partial charge in [-0.25, -0.2) is 4.98 Å². The van der Waals surface area contributed by atoms with Crippen LogP contribution in [0.5, 0.6) is 0 Å². The fraction of sp³-hybridized carbons (Fsp3) is 0.538. The minimum atomic E-state index is 0.675. The van der Waals surface area contributed by atoms with E-state index in [0.29, 0.717) is 6.04 Å². The SMILES string of the molecule is Cc1cc(NCCC2CCCN2)n2ncnc2c1. The van der Waals surface area contributed by atoms with Crippen molar-refractivity contribution in [3.8, 4) is 0 Å². The molecule has 5 heteroatoms. The maximum absolute atomic E-state index is 4.24. The summed E-state index contributed by atoms with van der Waals surface area (Å²) in [6, 6.07) is 4.83. The highest BCUT2D eigenvalue weighted by Crippen LogP contribution is 2.14. The molecular formula is C13H19N5. The maximum atomic E-state index is 4.24. The van der Waals surface area contributed by atoms with Crippen molar-refractivity contribution in [3.05, 3.63) is 24.0 Å². The molecule has 18 heavy (non-hydrogen) atoms. The molecule has 0 spiro atoms. The molecule has 1 aliphatic heterocycles. The van der Waals surface area contributed by atoms with Gasteiger partial charge < -0.3 is 10.6 Å². The van der Waals surface area contributed by atoms with Gasteiger partial charge in [-0.05, 0) is 50.4 Å². The van der Waals surface area contributed by atoms with E-state index in [1.165, 1.54) is 24.9 Å². The van der Waals surface area contributed by atoms with Crippen molar-refractivity contribution in [1.82, 2.24) is 19.9 Å². The Hall–Kier alpha value is -1.62. The Balaban J connectivity index is 1.67. The molecule has 0 aliphatic carbocycles. The summed E-state index contributed by atoms with van der Waals surface area (Å²) in [5, 5.41) is 11.2. The van der Waals surface area contributed by atoms with Crippen LogP contribution in [-0.4, -0.2) is 33.7 Å². The van der Waals surface area contributed by atoms with Crippen LogP contribution in [0.25, 0.3) is 5.65 Å². The molecule has 1 fully saturated rings. The molecule has 2 aromatic rings. The van der Waals surface area contributed by atoms with Crippen molar-refractivity contribution in [2.24, 2.45) is 0 Å². The number of hydrogen-bond acceptors (Lipinski definition) is 4. The molecule has 1 aliphatic rings. The lowest BCUT2D eigenvalue weighted by molar-refractivity contribution is 0.573. The Morgan fingerprint density at radius 1 is 1.50 bits per heavy atom. The molecule has 5 nitrogen and oxygen atoms in total. The second-order valence-corrected chi connectivity index (χ2v) is 4.96. The molecule has 2 aromatic heterocycles. The lowest BCUT2D eigenvalue weighted by atomic mass is 10.1. The first-order valence-electron chi connectivity index (χ1n) is 6.60. The second kappa shape index (κ2) is 4.94. The van der Waals surface area contributed by atoms with Gasteiger partial charge in [0.2, 0.25) is 0 Å². The molecule has 0 saturated carbocycles. The summed E-state index contributed by atoms with van der Waals surface area (Å²) in [5.41, 5.74) is 2.11. The topological polar surface area (TPSA) is 54.2 Å². The molecule has 3 heterocycles. The number of rotatable bonds is 4. The zero-order valence-corrected chi connectivity index (χ0v) is 10.7. The third-order valence-electron chi connectivity index (χ3n) is 3.48. The summed E-state index contributed by atoms with van der Waals surface area (Å²) in [5.74, 6) is 1.03. The first-order valence-corrected chi connectivity index (χ1v) is 6.60. The highest BCUT2D eigenvalue weighted by molar-refractivity contribution is 5.51. The smallest absolute Gasteiger partial charge is 0.157 e. The summed E-state index contributed by atoms with van der Waals surface area (Å²) < 4.78 is 1.86. The summed E-state index contributed by atoms with van der Waals surface area (Å²) in [6.45, 7) is 4.22. The van der Waals surface area contributed by atoms with Gasteiger partial charge >= 0.3 is 0 Å². The first kappa shape index (κ1) is 11.5. The Labute approximate surface area is 107 Å². The van der Waals surface area contributed by atoms with E-state index >= 15 is 0 Å². The van der Waals surface area contributed by atoms with Crippen molar-refractivity contribution in [1.29, 1.82) is 0 Å². The van der Waals surface area contributed by atoms with Crippen LogP contribution in [-0.2, 0) is 0 Å². The van der Waals surface area contributed by atoms with Gasteiger partial charge in [-0.3, -0.25) is 0 Å². The van der Waals surface area contributed by atoms with Gasteiger partial charge in [-0.1, -0.05) is 0 Å². The van der Waals surface area contributed by atoms with Crippen LogP contribution in [0.15, 0.2) is 18.5 Å². The molecule has 1 saturated heterocycles. The Kier molecular flexibility index (Phi) is 3.15. The first-order chi connectivity index (χ1) is 8.83. The number of pyridine rings is 1. The second-order valence-electron chi connectivity index (χ2n) is 4.96. The standard InChI is InChI=1S/C13H19N5/c1-10-7-12(18-13(8-10)16-9-17-18)15-6-4-11-3-2-5-14-11/h7-9,11,14-15H,2-6H2,1H3. The number of aryl methyl sites for hydroxylation is 1. The van der Waals surface area contributed by atoms with E-state index in [9.17, 15) is 0 Å². The van der Waals surface area contributed by atoms with Crippen LogP contribution in [0, 0.1) is 6.92 Å². The minimum absolute atomic E-state index is 0.675. The molecule has 0 aromatic carbocycles. The highest BCUT2D eigenvalue weighted by atomic mass is 15.3. The average molecular weight is 245 g/mol. The Morgan fingerprint density at radius 2 is 2.44 bits per heavy atom. The van der Waals surface area contributed by atoms with Gasteiger partial charge in [0.05, 0.1) is 0 Å². The predicted octanol–water partition coefficient (Wildman–Crippen LogP) is 1.59. The molecule has 96 valence electrons. The van der Waals surface area contributed by atoms with Crippen molar-refractivity contribution in [2.75, 3.05) is 18.4 Å². The van der Waals surface area contributed by atoms with Crippen LogP contribution in [0.1, 0.15) is 24.8 Å². The third kappa shape index (κ3) is 2.31. The van der Waals surface area contributed by atoms with Gasteiger partial charge in [0.1, 0.15) is 12.1 Å². The van der Waals surface area contributed by atoms with Crippen LogP contribution in [0.4, 0.5) is 5.82 Å². The van der Waals surface area contributed by atoms with Crippen LogP contribution < -0.4 is 10.6 Å². The molecule has 1 unspecified atom stereocenters. The van der Waals surface area contributed by atoms with E-state index in [4.69, 9.17) is 0 Å². The van der Waals surface area contributed by atoms with E-state index in [-0.39, 0.29) is 0 Å². The van der Waals surface area contributed by atoms with E-state index in [2.05, 4.69) is 33.7 Å². The lowest BCUT2D eigenvalue weighted by Gasteiger charge is -2.12. The number of nitrogens with zero attached hydrogens (tertiary/aromatic N) is 3. The molecular weight excluding hydrogens is 226 g/mol. The van der Waals surface area contributed by atoms with E-state index < -0.39 is 0 Å². The normalized spacial score (nSPS) is 19.5. The molecule has 2 N–H and O–H groups in total. The summed E-state index contributed by atoms with van der Waals surface area (Å²) >= 11 is 0. The maximum Gasteiger partial charge on any atom is 0.157 e. The fourth-order valence-corrected chi connectivity index (χ4v) is 2.56. The summed E-state index contributed by atoms with van der Waals surface area (Å²) in [7, 11) is 0. The number of hydrogen-bond donors (Lipinski definition) is 2. The van der Waals surface area contributed by atoms with Gasteiger partial charge in [-0.2, -0.15) is 9.61 Å². The van der Waals surface area contributed by atoms with Gasteiger partial charge in [0.15, 0.2) is 5.65 Å². The monoisotopic (exact) mass is 245 g/mol. The number of fused-ring (bicyclic) bond motifs is 1. The van der Waals surface area contributed by atoms with E-state index in [1.807, 2.05) is 10.6 Å². The Bertz CT molecular complexity index is 527. The minimum Gasteiger partial charge on any atom is -0.370 e. The molecule has 1 atom stereocenters. The predicted molar refractivity (Wildman–Crippen MR) is 71.9 cm³/mol.